The molecular formula is C29H38ClN3O4S. The maximum atomic E-state index is 14.2. The topological polar surface area (TPSA) is 87.7 Å². The maximum Gasteiger partial charge on any atom is 0.408 e. The lowest BCUT2D eigenvalue weighted by Crippen LogP contribution is -2.53. The summed E-state index contributed by atoms with van der Waals surface area (Å²) in [6, 6.07) is 11.2. The number of hydrogen-bond donors (Lipinski definition) is 2. The Bertz CT molecular complexity index is 1140. The van der Waals surface area contributed by atoms with E-state index in [0.717, 1.165) is 24.0 Å². The molecule has 0 bridgehead atoms. The maximum absolute atomic E-state index is 14.2. The van der Waals surface area contributed by atoms with Crippen LogP contribution in [0.4, 0.5) is 10.5 Å². The fourth-order valence-electron chi connectivity index (χ4n) is 4.25. The molecule has 3 amide bonds. The highest BCUT2D eigenvalue weighted by atomic mass is 35.5. The molecule has 0 aromatic heterocycles. The molecule has 38 heavy (non-hydrogen) atoms. The van der Waals surface area contributed by atoms with Gasteiger partial charge >= 0.3 is 6.09 Å². The van der Waals surface area contributed by atoms with Crippen LogP contribution in [0.5, 0.6) is 0 Å². The number of amides is 3. The molecular weight excluding hydrogens is 522 g/mol. The quantitative estimate of drug-likeness (QED) is 0.358. The van der Waals surface area contributed by atoms with E-state index in [2.05, 4.69) is 10.6 Å². The number of anilines is 1. The molecule has 0 radical (unpaired) electrons. The molecule has 2 aromatic rings. The molecule has 2 atom stereocenters. The normalized spacial score (nSPS) is 14.8. The Hall–Kier alpha value is -2.71. The van der Waals surface area contributed by atoms with E-state index in [1.807, 2.05) is 56.5 Å². The first-order valence-corrected chi connectivity index (χ1v) is 14.6. The van der Waals surface area contributed by atoms with Crippen LogP contribution in [-0.2, 0) is 14.3 Å². The van der Waals surface area contributed by atoms with Gasteiger partial charge in [-0.3, -0.25) is 9.59 Å². The third-order valence-corrected chi connectivity index (χ3v) is 7.11. The number of nitrogens with zero attached hydrogens (tertiary/aromatic N) is 1. The van der Waals surface area contributed by atoms with Crippen LogP contribution in [0.15, 0.2) is 42.5 Å². The Labute approximate surface area is 235 Å². The molecule has 2 unspecified atom stereocenters. The van der Waals surface area contributed by atoms with Gasteiger partial charge in [0.1, 0.15) is 17.7 Å². The van der Waals surface area contributed by atoms with Crippen molar-refractivity contribution >= 4 is 47.0 Å². The first-order valence-electron chi connectivity index (χ1n) is 12.8. The van der Waals surface area contributed by atoms with Gasteiger partial charge in [-0.25, -0.2) is 4.79 Å². The number of carbonyl (C=O) groups is 3. The smallest absolute Gasteiger partial charge is 0.408 e. The second kappa shape index (κ2) is 12.9. The lowest BCUT2D eigenvalue weighted by Gasteiger charge is -2.35. The number of hydrogen-bond acceptors (Lipinski definition) is 5. The highest BCUT2D eigenvalue weighted by Gasteiger charge is 2.44. The third-order valence-electron chi connectivity index (χ3n) is 6.15. The van der Waals surface area contributed by atoms with Crippen molar-refractivity contribution < 1.29 is 19.1 Å². The van der Waals surface area contributed by atoms with Crippen molar-refractivity contribution in [3.8, 4) is 0 Å². The number of para-hydroxylation sites is 1. The lowest BCUT2D eigenvalue weighted by atomic mass is 10.00. The average molecular weight is 560 g/mol. The van der Waals surface area contributed by atoms with Gasteiger partial charge in [0.2, 0.25) is 5.91 Å². The number of nitrogens with one attached hydrogen (secondary N) is 2. The standard InChI is InChI=1S/C29H38ClN3O4S/c1-18-9-7-11-20(17-18)25(26(34)32-24-19(2)10-8-12-22(24)30)33(21-13-14-21)27(35)23(15-16-38-6)31-28(36)37-29(3,4)5/h7-12,17,21,23,25H,13-16H2,1-6H3,(H,31,36)(H,32,34). The zero-order valence-electron chi connectivity index (χ0n) is 23.0. The monoisotopic (exact) mass is 559 g/mol. The number of aryl methyl sites for hydroxylation is 2. The van der Waals surface area contributed by atoms with E-state index in [1.165, 1.54) is 0 Å². The van der Waals surface area contributed by atoms with E-state index in [-0.39, 0.29) is 17.9 Å². The van der Waals surface area contributed by atoms with Crippen molar-refractivity contribution in [3.63, 3.8) is 0 Å². The Morgan fingerprint density at radius 3 is 2.39 bits per heavy atom. The number of halogens is 1. The van der Waals surface area contributed by atoms with Crippen LogP contribution in [0.2, 0.25) is 5.02 Å². The molecule has 1 saturated carbocycles. The molecule has 7 nitrogen and oxygen atoms in total. The second-order valence-corrected chi connectivity index (χ2v) is 12.1. The molecule has 1 aliphatic rings. The number of alkyl carbamates (subject to hydrolysis) is 1. The summed E-state index contributed by atoms with van der Waals surface area (Å²) < 4.78 is 5.45. The van der Waals surface area contributed by atoms with Crippen molar-refractivity contribution in [1.82, 2.24) is 10.2 Å². The highest BCUT2D eigenvalue weighted by molar-refractivity contribution is 7.98. The summed E-state index contributed by atoms with van der Waals surface area (Å²) in [6.45, 7) is 9.14. The molecule has 3 rings (SSSR count). The van der Waals surface area contributed by atoms with Gasteiger partial charge in [-0.2, -0.15) is 11.8 Å². The van der Waals surface area contributed by atoms with E-state index in [1.54, 1.807) is 43.5 Å². The van der Waals surface area contributed by atoms with Gasteiger partial charge in [-0.1, -0.05) is 53.6 Å². The van der Waals surface area contributed by atoms with Crippen LogP contribution >= 0.6 is 23.4 Å². The number of benzene rings is 2. The molecule has 1 fully saturated rings. The van der Waals surface area contributed by atoms with E-state index in [9.17, 15) is 14.4 Å². The average Bonchev–Trinajstić information content (AvgIpc) is 3.66. The SMILES string of the molecule is CSCCC(NC(=O)OC(C)(C)C)C(=O)N(C1CC1)C(C(=O)Nc1c(C)cccc1Cl)c1cccc(C)c1. The van der Waals surface area contributed by atoms with E-state index < -0.39 is 23.8 Å². The Morgan fingerprint density at radius 2 is 1.82 bits per heavy atom. The summed E-state index contributed by atoms with van der Waals surface area (Å²) in [5, 5.41) is 6.19. The van der Waals surface area contributed by atoms with Crippen LogP contribution in [0, 0.1) is 13.8 Å². The molecule has 206 valence electrons. The largest absolute Gasteiger partial charge is 0.444 e. The summed E-state index contributed by atoms with van der Waals surface area (Å²) in [4.78, 5) is 42.5. The fourth-order valence-corrected chi connectivity index (χ4v) is 4.99. The van der Waals surface area contributed by atoms with E-state index in [4.69, 9.17) is 16.3 Å². The van der Waals surface area contributed by atoms with E-state index >= 15 is 0 Å². The molecule has 1 aliphatic carbocycles. The number of ether oxygens (including phenoxy) is 1. The minimum absolute atomic E-state index is 0.108. The van der Waals surface area contributed by atoms with Gasteiger partial charge in [-0.05, 0) is 83.1 Å². The lowest BCUT2D eigenvalue weighted by molar-refractivity contribution is -0.141. The van der Waals surface area contributed by atoms with Gasteiger partial charge in [-0.15, -0.1) is 0 Å². The van der Waals surface area contributed by atoms with Gasteiger partial charge in [0, 0.05) is 6.04 Å². The Balaban J connectivity index is 2.00. The van der Waals surface area contributed by atoms with Crippen LogP contribution < -0.4 is 10.6 Å². The number of rotatable bonds is 10. The molecule has 2 aromatic carbocycles. The zero-order chi connectivity index (χ0) is 28.0. The summed E-state index contributed by atoms with van der Waals surface area (Å²) in [5.41, 5.74) is 2.31. The van der Waals surface area contributed by atoms with Crippen molar-refractivity contribution in [2.45, 2.75) is 77.6 Å². The van der Waals surface area contributed by atoms with Crippen LogP contribution in [-0.4, -0.2) is 52.5 Å². The first-order chi connectivity index (χ1) is 17.9. The van der Waals surface area contributed by atoms with Crippen molar-refractivity contribution in [1.29, 1.82) is 0 Å². The van der Waals surface area contributed by atoms with E-state index in [0.29, 0.717) is 28.4 Å². The van der Waals surface area contributed by atoms with Crippen LogP contribution in [0.25, 0.3) is 0 Å². The summed E-state index contributed by atoms with van der Waals surface area (Å²) in [7, 11) is 0. The minimum atomic E-state index is -0.900. The fraction of sp³-hybridized carbons (Fsp3) is 0.483. The molecule has 0 heterocycles. The number of carbonyl (C=O) groups excluding carboxylic acids is 3. The molecule has 0 aliphatic heterocycles. The Morgan fingerprint density at radius 1 is 1.13 bits per heavy atom. The Kier molecular flexibility index (Phi) is 10.1. The second-order valence-electron chi connectivity index (χ2n) is 10.7. The third kappa shape index (κ3) is 8.14. The minimum Gasteiger partial charge on any atom is -0.444 e. The summed E-state index contributed by atoms with van der Waals surface area (Å²) in [5.74, 6) is 0.00284. The highest BCUT2D eigenvalue weighted by Crippen LogP contribution is 2.37. The summed E-state index contributed by atoms with van der Waals surface area (Å²) in [6.07, 6.45) is 3.27. The van der Waals surface area contributed by atoms with Gasteiger partial charge < -0.3 is 20.3 Å². The van der Waals surface area contributed by atoms with Gasteiger partial charge in [0.15, 0.2) is 0 Å². The predicted molar refractivity (Wildman–Crippen MR) is 155 cm³/mol. The van der Waals surface area contributed by atoms with Crippen LogP contribution in [0.1, 0.15) is 62.8 Å². The molecule has 0 spiro atoms. The number of thioether (sulfide) groups is 1. The van der Waals surface area contributed by atoms with Crippen molar-refractivity contribution in [2.24, 2.45) is 0 Å². The van der Waals surface area contributed by atoms with Gasteiger partial charge in [0.05, 0.1) is 10.7 Å². The van der Waals surface area contributed by atoms with Crippen molar-refractivity contribution in [3.05, 3.63) is 64.2 Å². The van der Waals surface area contributed by atoms with Crippen LogP contribution in [0.3, 0.4) is 0 Å². The first kappa shape index (κ1) is 29.8. The van der Waals surface area contributed by atoms with Gasteiger partial charge in [0.25, 0.3) is 5.91 Å². The molecule has 9 heteroatoms. The molecule has 0 saturated heterocycles. The zero-order valence-corrected chi connectivity index (χ0v) is 24.5. The molecule has 2 N–H and O–H groups in total. The predicted octanol–water partition coefficient (Wildman–Crippen LogP) is 6.27. The summed E-state index contributed by atoms with van der Waals surface area (Å²) >= 11 is 8.01. The van der Waals surface area contributed by atoms with Crippen molar-refractivity contribution in [2.75, 3.05) is 17.3 Å².